The van der Waals surface area contributed by atoms with Gasteiger partial charge >= 0.3 is 0 Å². The third-order valence-corrected chi connectivity index (χ3v) is 6.30. The van der Waals surface area contributed by atoms with Crippen molar-refractivity contribution in [2.75, 3.05) is 18.5 Å². The summed E-state index contributed by atoms with van der Waals surface area (Å²) in [5, 5.41) is -0.0358. The maximum absolute atomic E-state index is 12.3. The zero-order valence-corrected chi connectivity index (χ0v) is 13.9. The molecule has 114 valence electrons. The molecule has 0 amide bonds. The average molecular weight is 318 g/mol. The molecule has 1 aromatic rings. The predicted octanol–water partition coefficient (Wildman–Crippen LogP) is 1.32. The Morgan fingerprint density at radius 2 is 1.80 bits per heavy atom. The van der Waals surface area contributed by atoms with Gasteiger partial charge in [0.2, 0.25) is 10.0 Å². The highest BCUT2D eigenvalue weighted by Crippen LogP contribution is 2.22. The molecule has 0 radical (unpaired) electrons. The van der Waals surface area contributed by atoms with Crippen LogP contribution in [-0.2, 0) is 20.8 Å². The monoisotopic (exact) mass is 318 g/mol. The average Bonchev–Trinajstić information content (AvgIpc) is 2.26. The summed E-state index contributed by atoms with van der Waals surface area (Å²) >= 11 is 0. The first-order valence-corrected chi connectivity index (χ1v) is 9.44. The Kier molecular flexibility index (Phi) is 5.73. The SMILES string of the molecule is Cc1cc(N)cc(C)c1S(=O)(=O)NCCC(C)S(C)=O. The Morgan fingerprint density at radius 1 is 1.30 bits per heavy atom. The van der Waals surface area contributed by atoms with E-state index in [1.807, 2.05) is 6.92 Å². The zero-order chi connectivity index (χ0) is 15.5. The Bertz CT molecular complexity index is 589. The molecule has 2 unspecified atom stereocenters. The van der Waals surface area contributed by atoms with Gasteiger partial charge in [0.25, 0.3) is 0 Å². The highest BCUT2D eigenvalue weighted by Gasteiger charge is 2.20. The van der Waals surface area contributed by atoms with Gasteiger partial charge in [0, 0.05) is 34.5 Å². The van der Waals surface area contributed by atoms with Crippen molar-refractivity contribution in [1.82, 2.24) is 4.72 Å². The summed E-state index contributed by atoms with van der Waals surface area (Å²) in [7, 11) is -4.51. The Labute approximate surface area is 123 Å². The first-order chi connectivity index (χ1) is 9.15. The summed E-state index contributed by atoms with van der Waals surface area (Å²) < 4.78 is 38.4. The van der Waals surface area contributed by atoms with Crippen LogP contribution in [0.2, 0.25) is 0 Å². The zero-order valence-electron chi connectivity index (χ0n) is 12.3. The molecule has 0 saturated heterocycles. The number of anilines is 1. The Hall–Kier alpha value is -0.920. The number of nitrogens with one attached hydrogen (secondary N) is 1. The van der Waals surface area contributed by atoms with Crippen LogP contribution in [0.15, 0.2) is 17.0 Å². The molecule has 1 rings (SSSR count). The van der Waals surface area contributed by atoms with E-state index >= 15 is 0 Å². The number of rotatable bonds is 6. The van der Waals surface area contributed by atoms with Gasteiger partial charge in [-0.3, -0.25) is 4.21 Å². The van der Waals surface area contributed by atoms with Crippen LogP contribution in [0.25, 0.3) is 0 Å². The van der Waals surface area contributed by atoms with Crippen molar-refractivity contribution in [2.45, 2.75) is 37.3 Å². The normalized spacial score (nSPS) is 15.0. The second kappa shape index (κ2) is 6.69. The molecule has 0 heterocycles. The molecule has 1 aromatic carbocycles. The fraction of sp³-hybridized carbons (Fsp3) is 0.538. The van der Waals surface area contributed by atoms with Crippen LogP contribution in [0.3, 0.4) is 0 Å². The van der Waals surface area contributed by atoms with Gasteiger partial charge in [-0.1, -0.05) is 6.92 Å². The largest absolute Gasteiger partial charge is 0.399 e. The van der Waals surface area contributed by atoms with Crippen LogP contribution < -0.4 is 10.5 Å². The predicted molar refractivity (Wildman–Crippen MR) is 83.7 cm³/mol. The van der Waals surface area contributed by atoms with E-state index in [9.17, 15) is 12.6 Å². The number of sulfonamides is 1. The van der Waals surface area contributed by atoms with E-state index in [-0.39, 0.29) is 16.7 Å². The van der Waals surface area contributed by atoms with E-state index in [1.165, 1.54) is 0 Å². The lowest BCUT2D eigenvalue weighted by molar-refractivity contribution is 0.576. The van der Waals surface area contributed by atoms with Gasteiger partial charge in [0.1, 0.15) is 0 Å². The number of hydrogen-bond donors (Lipinski definition) is 2. The third kappa shape index (κ3) is 4.29. The molecule has 0 fully saturated rings. The minimum Gasteiger partial charge on any atom is -0.399 e. The van der Waals surface area contributed by atoms with Gasteiger partial charge in [-0.15, -0.1) is 0 Å². The molecule has 0 aliphatic heterocycles. The topological polar surface area (TPSA) is 89.3 Å². The fourth-order valence-electron chi connectivity index (χ4n) is 2.04. The molecule has 2 atom stereocenters. The highest BCUT2D eigenvalue weighted by atomic mass is 32.2. The lowest BCUT2D eigenvalue weighted by atomic mass is 10.1. The second-order valence-corrected chi connectivity index (χ2v) is 8.49. The summed E-state index contributed by atoms with van der Waals surface area (Å²) in [6.45, 7) is 5.56. The van der Waals surface area contributed by atoms with Crippen molar-refractivity contribution >= 4 is 26.5 Å². The Balaban J connectivity index is 2.88. The molecule has 5 nitrogen and oxygen atoms in total. The quantitative estimate of drug-likeness (QED) is 0.774. The van der Waals surface area contributed by atoms with E-state index in [4.69, 9.17) is 5.73 Å². The van der Waals surface area contributed by atoms with E-state index in [0.29, 0.717) is 23.2 Å². The highest BCUT2D eigenvalue weighted by molar-refractivity contribution is 7.89. The first-order valence-electron chi connectivity index (χ1n) is 6.33. The standard InChI is InChI=1S/C13H22N2O3S2/c1-9-7-12(14)8-10(2)13(9)20(17,18)15-6-5-11(3)19(4)16/h7-8,11,15H,5-6,14H2,1-4H3. The van der Waals surface area contributed by atoms with E-state index in [2.05, 4.69) is 4.72 Å². The maximum atomic E-state index is 12.3. The fourth-order valence-corrected chi connectivity index (χ4v) is 3.99. The first kappa shape index (κ1) is 17.1. The van der Waals surface area contributed by atoms with Crippen molar-refractivity contribution in [1.29, 1.82) is 0 Å². The van der Waals surface area contributed by atoms with E-state index < -0.39 is 20.8 Å². The van der Waals surface area contributed by atoms with Gasteiger partial charge in [-0.2, -0.15) is 0 Å². The van der Waals surface area contributed by atoms with Crippen LogP contribution in [0.5, 0.6) is 0 Å². The van der Waals surface area contributed by atoms with Gasteiger partial charge in [-0.05, 0) is 43.5 Å². The van der Waals surface area contributed by atoms with Gasteiger partial charge in [0.05, 0.1) is 4.90 Å². The number of nitrogen functional groups attached to an aromatic ring is 1. The molecule has 3 N–H and O–H groups in total. The number of nitrogens with two attached hydrogens (primary N) is 1. The maximum Gasteiger partial charge on any atom is 0.241 e. The number of benzene rings is 1. The summed E-state index contributed by atoms with van der Waals surface area (Å²) in [6.07, 6.45) is 2.16. The van der Waals surface area contributed by atoms with Crippen molar-refractivity contribution in [3.8, 4) is 0 Å². The minimum atomic E-state index is -3.56. The minimum absolute atomic E-state index is 0.0358. The van der Waals surface area contributed by atoms with Crippen LogP contribution in [-0.4, -0.2) is 30.7 Å². The van der Waals surface area contributed by atoms with Crippen molar-refractivity contribution in [3.63, 3.8) is 0 Å². The molecule has 0 bridgehead atoms. The summed E-state index contributed by atoms with van der Waals surface area (Å²) in [4.78, 5) is 0.275. The van der Waals surface area contributed by atoms with Crippen LogP contribution in [0, 0.1) is 13.8 Å². The summed E-state index contributed by atoms with van der Waals surface area (Å²) in [6, 6.07) is 3.29. The molecule has 20 heavy (non-hydrogen) atoms. The summed E-state index contributed by atoms with van der Waals surface area (Å²) in [5.74, 6) is 0. The van der Waals surface area contributed by atoms with E-state index in [1.54, 1.807) is 32.2 Å². The third-order valence-electron chi connectivity index (χ3n) is 3.16. The molecule has 0 aliphatic rings. The molecule has 0 saturated carbocycles. The molecule has 0 aliphatic carbocycles. The molecule has 0 aromatic heterocycles. The van der Waals surface area contributed by atoms with Crippen molar-refractivity contribution < 1.29 is 12.6 Å². The van der Waals surface area contributed by atoms with Crippen molar-refractivity contribution in [2.24, 2.45) is 0 Å². The smallest absolute Gasteiger partial charge is 0.241 e. The molecular weight excluding hydrogens is 296 g/mol. The number of hydrogen-bond acceptors (Lipinski definition) is 4. The van der Waals surface area contributed by atoms with Gasteiger partial charge in [0.15, 0.2) is 0 Å². The van der Waals surface area contributed by atoms with Crippen LogP contribution >= 0.6 is 0 Å². The van der Waals surface area contributed by atoms with Crippen LogP contribution in [0.4, 0.5) is 5.69 Å². The number of aryl methyl sites for hydroxylation is 2. The molecule has 0 spiro atoms. The lowest BCUT2D eigenvalue weighted by Gasteiger charge is -2.14. The van der Waals surface area contributed by atoms with Crippen LogP contribution in [0.1, 0.15) is 24.5 Å². The second-order valence-electron chi connectivity index (χ2n) is 4.98. The van der Waals surface area contributed by atoms with Gasteiger partial charge < -0.3 is 5.73 Å². The van der Waals surface area contributed by atoms with Gasteiger partial charge in [-0.25, -0.2) is 13.1 Å². The Morgan fingerprint density at radius 3 is 2.25 bits per heavy atom. The van der Waals surface area contributed by atoms with Crippen molar-refractivity contribution in [3.05, 3.63) is 23.3 Å². The van der Waals surface area contributed by atoms with E-state index in [0.717, 1.165) is 0 Å². The summed E-state index contributed by atoms with van der Waals surface area (Å²) in [5.41, 5.74) is 7.50. The molecule has 7 heteroatoms. The molecular formula is C13H22N2O3S2. The lowest BCUT2D eigenvalue weighted by Crippen LogP contribution is -2.28.